The van der Waals surface area contributed by atoms with Crippen molar-refractivity contribution in [2.45, 2.75) is 33.6 Å². The number of aryl methyl sites for hydroxylation is 1. The van der Waals surface area contributed by atoms with Crippen molar-refractivity contribution in [3.63, 3.8) is 0 Å². The third-order valence-corrected chi connectivity index (χ3v) is 2.35. The lowest BCUT2D eigenvalue weighted by molar-refractivity contribution is 0.375. The predicted molar refractivity (Wildman–Crippen MR) is 63.9 cm³/mol. The molecule has 0 amide bonds. The van der Waals surface area contributed by atoms with E-state index in [2.05, 4.69) is 40.6 Å². The summed E-state index contributed by atoms with van der Waals surface area (Å²) >= 11 is 0. The minimum atomic E-state index is 0.403. The van der Waals surface area contributed by atoms with Gasteiger partial charge in [-0.25, -0.2) is 0 Å². The number of nitrogens with zero attached hydrogens (tertiary/aromatic N) is 4. The van der Waals surface area contributed by atoms with Crippen molar-refractivity contribution in [1.29, 1.82) is 0 Å². The molecule has 1 aromatic heterocycles. The van der Waals surface area contributed by atoms with Gasteiger partial charge in [-0.2, -0.15) is 15.0 Å². The number of rotatable bonds is 6. The zero-order chi connectivity index (χ0) is 12.0. The van der Waals surface area contributed by atoms with Gasteiger partial charge in [0.25, 0.3) is 0 Å². The summed E-state index contributed by atoms with van der Waals surface area (Å²) in [6.07, 6.45) is 1.87. The highest BCUT2D eigenvalue weighted by Crippen LogP contribution is 2.12. The molecule has 0 aromatic carbocycles. The smallest absolute Gasteiger partial charge is 0.321 e. The molecular formula is C11H20N4O. The summed E-state index contributed by atoms with van der Waals surface area (Å²) in [6.45, 7) is 8.04. The molecule has 0 aliphatic heterocycles. The summed E-state index contributed by atoms with van der Waals surface area (Å²) in [5.74, 6) is 1.51. The summed E-state index contributed by atoms with van der Waals surface area (Å²) < 4.78 is 5.09. The maximum Gasteiger partial charge on any atom is 0.321 e. The molecule has 0 saturated carbocycles. The number of hydrogen-bond acceptors (Lipinski definition) is 5. The Morgan fingerprint density at radius 2 is 1.75 bits per heavy atom. The van der Waals surface area contributed by atoms with Crippen molar-refractivity contribution in [2.75, 3.05) is 25.1 Å². The van der Waals surface area contributed by atoms with E-state index in [4.69, 9.17) is 4.74 Å². The van der Waals surface area contributed by atoms with Crippen molar-refractivity contribution < 1.29 is 4.74 Å². The molecule has 0 radical (unpaired) electrons. The van der Waals surface area contributed by atoms with Crippen molar-refractivity contribution in [1.82, 2.24) is 15.0 Å². The molecule has 0 saturated heterocycles. The maximum absolute atomic E-state index is 5.09. The molecule has 1 rings (SSSR count). The lowest BCUT2D eigenvalue weighted by atomic mass is 10.3. The SMILES string of the molecule is CCCc1nc(OC)nc(N(CC)CC)n1. The zero-order valence-corrected chi connectivity index (χ0v) is 10.5. The number of hydrogen-bond donors (Lipinski definition) is 0. The van der Waals surface area contributed by atoms with Crippen LogP contribution in [0.2, 0.25) is 0 Å². The zero-order valence-electron chi connectivity index (χ0n) is 10.5. The molecule has 5 nitrogen and oxygen atoms in total. The van der Waals surface area contributed by atoms with Crippen LogP contribution in [0.5, 0.6) is 6.01 Å². The minimum Gasteiger partial charge on any atom is -0.467 e. The first-order chi connectivity index (χ1) is 7.74. The highest BCUT2D eigenvalue weighted by Gasteiger charge is 2.10. The van der Waals surface area contributed by atoms with Gasteiger partial charge in [-0.1, -0.05) is 6.92 Å². The van der Waals surface area contributed by atoms with Gasteiger partial charge in [0.05, 0.1) is 7.11 Å². The summed E-state index contributed by atoms with van der Waals surface area (Å²) in [6, 6.07) is 0.403. The number of ether oxygens (including phenoxy) is 1. The Labute approximate surface area is 96.9 Å². The van der Waals surface area contributed by atoms with Gasteiger partial charge in [-0.3, -0.25) is 0 Å². The van der Waals surface area contributed by atoms with Gasteiger partial charge in [0.2, 0.25) is 5.95 Å². The Balaban J connectivity index is 3.02. The average Bonchev–Trinajstić information content (AvgIpc) is 2.31. The van der Waals surface area contributed by atoms with Crippen LogP contribution < -0.4 is 9.64 Å². The highest BCUT2D eigenvalue weighted by atomic mass is 16.5. The third kappa shape index (κ3) is 3.05. The van der Waals surface area contributed by atoms with Gasteiger partial charge in [-0.15, -0.1) is 0 Å². The Kier molecular flexibility index (Phi) is 4.95. The largest absolute Gasteiger partial charge is 0.467 e. The molecule has 90 valence electrons. The molecule has 1 aromatic rings. The van der Waals surface area contributed by atoms with E-state index in [1.54, 1.807) is 7.11 Å². The van der Waals surface area contributed by atoms with Crippen LogP contribution in [0.25, 0.3) is 0 Å². The normalized spacial score (nSPS) is 10.2. The van der Waals surface area contributed by atoms with Gasteiger partial charge in [0, 0.05) is 19.5 Å². The second-order valence-electron chi connectivity index (χ2n) is 3.46. The first-order valence-electron chi connectivity index (χ1n) is 5.78. The number of methoxy groups -OCH3 is 1. The van der Waals surface area contributed by atoms with E-state index in [1.165, 1.54) is 0 Å². The Morgan fingerprint density at radius 1 is 1.06 bits per heavy atom. The Bertz CT molecular complexity index is 326. The first kappa shape index (κ1) is 12.7. The fourth-order valence-electron chi connectivity index (χ4n) is 1.46. The van der Waals surface area contributed by atoms with E-state index in [9.17, 15) is 0 Å². The van der Waals surface area contributed by atoms with Crippen molar-refractivity contribution >= 4 is 5.95 Å². The average molecular weight is 224 g/mol. The monoisotopic (exact) mass is 224 g/mol. The topological polar surface area (TPSA) is 51.1 Å². The van der Waals surface area contributed by atoms with Crippen molar-refractivity contribution in [3.05, 3.63) is 5.82 Å². The summed E-state index contributed by atoms with van der Waals surface area (Å²) in [7, 11) is 1.58. The number of aromatic nitrogens is 3. The first-order valence-corrected chi connectivity index (χ1v) is 5.78. The van der Waals surface area contributed by atoms with Crippen LogP contribution in [0.1, 0.15) is 33.0 Å². The third-order valence-electron chi connectivity index (χ3n) is 2.35. The Morgan fingerprint density at radius 3 is 2.25 bits per heavy atom. The molecule has 5 heteroatoms. The van der Waals surface area contributed by atoms with E-state index in [-0.39, 0.29) is 0 Å². The van der Waals surface area contributed by atoms with Crippen LogP contribution in [0.3, 0.4) is 0 Å². The summed E-state index contributed by atoms with van der Waals surface area (Å²) in [4.78, 5) is 15.0. The quantitative estimate of drug-likeness (QED) is 0.735. The molecule has 0 unspecified atom stereocenters. The fourth-order valence-corrected chi connectivity index (χ4v) is 1.46. The lowest BCUT2D eigenvalue weighted by Gasteiger charge is -2.18. The lowest BCUT2D eigenvalue weighted by Crippen LogP contribution is -2.25. The predicted octanol–water partition coefficient (Wildman–Crippen LogP) is 1.68. The van der Waals surface area contributed by atoms with Crippen LogP contribution in [-0.2, 0) is 6.42 Å². The molecule has 0 fully saturated rings. The molecule has 16 heavy (non-hydrogen) atoms. The van der Waals surface area contributed by atoms with E-state index < -0.39 is 0 Å². The Hall–Kier alpha value is -1.39. The summed E-state index contributed by atoms with van der Waals surface area (Å²) in [5, 5.41) is 0. The van der Waals surface area contributed by atoms with Crippen LogP contribution >= 0.6 is 0 Å². The molecule has 0 spiro atoms. The van der Waals surface area contributed by atoms with Gasteiger partial charge < -0.3 is 9.64 Å². The van der Waals surface area contributed by atoms with Crippen molar-refractivity contribution in [2.24, 2.45) is 0 Å². The summed E-state index contributed by atoms with van der Waals surface area (Å²) in [5.41, 5.74) is 0. The van der Waals surface area contributed by atoms with Crippen molar-refractivity contribution in [3.8, 4) is 6.01 Å². The van der Waals surface area contributed by atoms with E-state index in [1.807, 2.05) is 0 Å². The van der Waals surface area contributed by atoms with E-state index in [0.29, 0.717) is 12.0 Å². The number of anilines is 1. The molecule has 1 heterocycles. The van der Waals surface area contributed by atoms with Gasteiger partial charge in [0.15, 0.2) is 0 Å². The van der Waals surface area contributed by atoms with Gasteiger partial charge in [-0.05, 0) is 20.3 Å². The highest BCUT2D eigenvalue weighted by molar-refractivity contribution is 5.30. The minimum absolute atomic E-state index is 0.403. The molecule has 0 bridgehead atoms. The van der Waals surface area contributed by atoms with Crippen LogP contribution in [-0.4, -0.2) is 35.2 Å². The fraction of sp³-hybridized carbons (Fsp3) is 0.727. The van der Waals surface area contributed by atoms with E-state index in [0.717, 1.165) is 31.8 Å². The van der Waals surface area contributed by atoms with Crippen LogP contribution in [0.15, 0.2) is 0 Å². The molecular weight excluding hydrogens is 204 g/mol. The van der Waals surface area contributed by atoms with Gasteiger partial charge >= 0.3 is 6.01 Å². The van der Waals surface area contributed by atoms with E-state index >= 15 is 0 Å². The molecule has 0 aliphatic carbocycles. The molecule has 0 atom stereocenters. The van der Waals surface area contributed by atoms with Crippen LogP contribution in [0.4, 0.5) is 5.95 Å². The maximum atomic E-state index is 5.09. The standard InChI is InChI=1S/C11H20N4O/c1-5-8-9-12-10(15(6-2)7-3)14-11(13-9)16-4/h5-8H2,1-4H3. The van der Waals surface area contributed by atoms with Gasteiger partial charge in [0.1, 0.15) is 5.82 Å². The molecule has 0 aliphatic rings. The molecule has 0 N–H and O–H groups in total. The second-order valence-corrected chi connectivity index (χ2v) is 3.46. The second kappa shape index (κ2) is 6.25. The van der Waals surface area contributed by atoms with Crippen LogP contribution in [0, 0.1) is 0 Å².